The van der Waals surface area contributed by atoms with Crippen LogP contribution >= 0.6 is 0 Å². The molecule has 0 aromatic heterocycles. The number of allylic oxidation sites excluding steroid dienone is 6. The topological polar surface area (TPSA) is 186 Å². The first-order valence-electron chi connectivity index (χ1n) is 26.5. The van der Waals surface area contributed by atoms with Gasteiger partial charge in [-0.2, -0.15) is 8.42 Å². The first kappa shape index (κ1) is 61.9. The third kappa shape index (κ3) is 36.9. The van der Waals surface area contributed by atoms with Crippen molar-refractivity contribution in [2.75, 3.05) is 19.0 Å². The van der Waals surface area contributed by atoms with E-state index in [2.05, 4.69) is 50.3 Å². The van der Waals surface area contributed by atoms with Gasteiger partial charge >= 0.3 is 11.9 Å². The predicted octanol–water partition coefficient (Wildman–Crippen LogP) is 12.1. The molecule has 386 valence electrons. The highest BCUT2D eigenvalue weighted by Crippen LogP contribution is 2.24. The molecule has 66 heavy (non-hydrogen) atoms. The van der Waals surface area contributed by atoms with Crippen LogP contribution in [0, 0.1) is 0 Å². The number of aliphatic hydroxyl groups is 3. The lowest BCUT2D eigenvalue weighted by Crippen LogP contribution is -2.60. The Morgan fingerprint density at radius 3 is 1.38 bits per heavy atom. The number of carbonyl (C=O) groups excluding carboxylic acids is 2. The third-order valence-corrected chi connectivity index (χ3v) is 13.0. The maximum Gasteiger partial charge on any atom is 0.306 e. The molecular weight excluding hydrogens is 861 g/mol. The first-order valence-corrected chi connectivity index (χ1v) is 28.2. The highest BCUT2D eigenvalue weighted by Gasteiger charge is 2.46. The van der Waals surface area contributed by atoms with Gasteiger partial charge in [0.25, 0.3) is 10.1 Å². The maximum atomic E-state index is 12.9. The fourth-order valence-electron chi connectivity index (χ4n) is 8.10. The van der Waals surface area contributed by atoms with Crippen molar-refractivity contribution in [1.29, 1.82) is 0 Å². The second-order valence-electron chi connectivity index (χ2n) is 18.5. The van der Waals surface area contributed by atoms with E-state index in [-0.39, 0.29) is 19.4 Å². The smallest absolute Gasteiger partial charge is 0.306 e. The molecule has 0 aliphatic carbocycles. The largest absolute Gasteiger partial charge is 0.462 e. The van der Waals surface area contributed by atoms with Gasteiger partial charge in [-0.3, -0.25) is 14.1 Å². The van der Waals surface area contributed by atoms with Crippen molar-refractivity contribution in [2.45, 2.75) is 269 Å². The SMILES string of the molecule is CCCCC/C=C\C/C=C\C/C=C\CCCCCCCCC(=O)OC(COC(=O)CCCCCCCCCCCCCCCCCCCCC)COC1OC(CS(=O)(=O)O)C(O)C(O)C1O. The van der Waals surface area contributed by atoms with Crippen LogP contribution in [0.4, 0.5) is 0 Å². The molecule has 1 aliphatic rings. The van der Waals surface area contributed by atoms with Crippen LogP contribution in [-0.4, -0.2) is 96.0 Å². The van der Waals surface area contributed by atoms with Gasteiger partial charge in [0.15, 0.2) is 12.4 Å². The standard InChI is InChI=1S/C53H96O12S/c1-3-5-7-9-11-13-15-17-19-21-23-25-27-29-31-33-35-37-39-41-48(54)62-43-46(44-63-53-52(58)51(57)50(56)47(65-53)45-66(59,60)61)64-49(55)42-40-38-36-34-32-30-28-26-24-22-20-18-16-14-12-10-8-6-4-2/h12,14,18,20,24,26,46-47,50-53,56-58H,3-11,13,15-17,19,21-23,25,27-45H2,1-2H3,(H,59,60,61)/b14-12-,20-18-,26-24-. The second-order valence-corrected chi connectivity index (χ2v) is 20.0. The van der Waals surface area contributed by atoms with Crippen LogP contribution < -0.4 is 0 Å². The molecule has 1 aliphatic heterocycles. The molecule has 12 nitrogen and oxygen atoms in total. The van der Waals surface area contributed by atoms with Crippen LogP contribution in [0.25, 0.3) is 0 Å². The van der Waals surface area contributed by atoms with Crippen LogP contribution in [-0.2, 0) is 38.7 Å². The van der Waals surface area contributed by atoms with Crippen LogP contribution in [0.15, 0.2) is 36.5 Å². The normalized spacial score (nSPS) is 19.6. The van der Waals surface area contributed by atoms with Crippen LogP contribution in [0.1, 0.15) is 232 Å². The van der Waals surface area contributed by atoms with E-state index in [0.717, 1.165) is 70.6 Å². The van der Waals surface area contributed by atoms with E-state index in [0.29, 0.717) is 12.8 Å². The molecule has 0 radical (unpaired) electrons. The number of carbonyl (C=O) groups is 2. The number of unbranched alkanes of at least 4 members (excludes halogenated alkanes) is 27. The Morgan fingerprint density at radius 1 is 0.515 bits per heavy atom. The van der Waals surface area contributed by atoms with E-state index in [1.54, 1.807) is 0 Å². The lowest BCUT2D eigenvalue weighted by Gasteiger charge is -2.40. The van der Waals surface area contributed by atoms with Crippen molar-refractivity contribution in [3.05, 3.63) is 36.5 Å². The molecule has 1 saturated heterocycles. The summed E-state index contributed by atoms with van der Waals surface area (Å²) in [5.74, 6) is -1.99. The molecule has 0 aromatic rings. The summed E-state index contributed by atoms with van der Waals surface area (Å²) in [6.45, 7) is 3.76. The highest BCUT2D eigenvalue weighted by atomic mass is 32.2. The van der Waals surface area contributed by atoms with Crippen molar-refractivity contribution in [1.82, 2.24) is 0 Å². The van der Waals surface area contributed by atoms with Crippen molar-refractivity contribution >= 4 is 22.1 Å². The lowest BCUT2D eigenvalue weighted by atomic mass is 10.00. The van der Waals surface area contributed by atoms with Gasteiger partial charge in [0.05, 0.1) is 6.61 Å². The quantitative estimate of drug-likeness (QED) is 0.0196. The second kappa shape index (κ2) is 42.9. The Balaban J connectivity index is 2.37. The van der Waals surface area contributed by atoms with Gasteiger partial charge < -0.3 is 34.3 Å². The number of hydrogen-bond donors (Lipinski definition) is 4. The average Bonchev–Trinajstić information content (AvgIpc) is 3.28. The summed E-state index contributed by atoms with van der Waals surface area (Å²) in [5.41, 5.74) is 0. The lowest BCUT2D eigenvalue weighted by molar-refractivity contribution is -0.297. The van der Waals surface area contributed by atoms with E-state index in [9.17, 15) is 37.9 Å². The minimum absolute atomic E-state index is 0.151. The van der Waals surface area contributed by atoms with Crippen LogP contribution in [0.3, 0.4) is 0 Å². The molecule has 6 atom stereocenters. The minimum atomic E-state index is -4.61. The Morgan fingerprint density at radius 2 is 0.909 bits per heavy atom. The van der Waals surface area contributed by atoms with E-state index in [4.69, 9.17) is 18.9 Å². The van der Waals surface area contributed by atoms with Gasteiger partial charge in [-0.15, -0.1) is 0 Å². The number of rotatable bonds is 45. The van der Waals surface area contributed by atoms with Gasteiger partial charge in [0.2, 0.25) is 0 Å². The monoisotopic (exact) mass is 957 g/mol. The average molecular weight is 957 g/mol. The Labute approximate surface area is 401 Å². The van der Waals surface area contributed by atoms with E-state index < -0.39 is 71.2 Å². The van der Waals surface area contributed by atoms with Crippen LogP contribution in [0.2, 0.25) is 0 Å². The summed E-state index contributed by atoms with van der Waals surface area (Å²) in [7, 11) is -4.61. The molecule has 0 bridgehead atoms. The zero-order valence-electron chi connectivity index (χ0n) is 41.6. The van der Waals surface area contributed by atoms with E-state index in [1.165, 1.54) is 122 Å². The Bertz CT molecular complexity index is 1350. The molecule has 1 fully saturated rings. The number of aliphatic hydroxyl groups excluding tert-OH is 3. The molecule has 4 N–H and O–H groups in total. The molecule has 0 amide bonds. The van der Waals surface area contributed by atoms with Crippen LogP contribution in [0.5, 0.6) is 0 Å². The molecule has 0 saturated carbocycles. The Hall–Kier alpha value is -2.13. The molecule has 1 rings (SSSR count). The molecule has 6 unspecified atom stereocenters. The molecule has 0 aromatic carbocycles. The van der Waals surface area contributed by atoms with Gasteiger partial charge in [0.1, 0.15) is 36.8 Å². The molecule has 1 heterocycles. The number of esters is 2. The maximum absolute atomic E-state index is 12.9. The molecular formula is C53H96O12S. The van der Waals surface area contributed by atoms with E-state index >= 15 is 0 Å². The van der Waals surface area contributed by atoms with Crippen molar-refractivity contribution in [3.8, 4) is 0 Å². The molecule has 0 spiro atoms. The fourth-order valence-corrected chi connectivity index (χ4v) is 8.79. The fraction of sp³-hybridized carbons (Fsp3) is 0.849. The van der Waals surface area contributed by atoms with Gasteiger partial charge in [0, 0.05) is 12.8 Å². The Kier molecular flexibility index (Phi) is 40.3. The first-order chi connectivity index (χ1) is 32.0. The predicted molar refractivity (Wildman–Crippen MR) is 266 cm³/mol. The highest BCUT2D eigenvalue weighted by molar-refractivity contribution is 7.85. The zero-order valence-corrected chi connectivity index (χ0v) is 42.4. The third-order valence-electron chi connectivity index (χ3n) is 12.2. The van der Waals surface area contributed by atoms with E-state index in [1.807, 2.05) is 0 Å². The van der Waals surface area contributed by atoms with Gasteiger partial charge in [-0.25, -0.2) is 0 Å². The summed E-state index contributed by atoms with van der Waals surface area (Å²) in [4.78, 5) is 25.5. The minimum Gasteiger partial charge on any atom is -0.462 e. The zero-order chi connectivity index (χ0) is 48.4. The van der Waals surface area contributed by atoms with Crippen molar-refractivity contribution in [2.24, 2.45) is 0 Å². The van der Waals surface area contributed by atoms with Gasteiger partial charge in [-0.05, 0) is 51.4 Å². The summed E-state index contributed by atoms with van der Waals surface area (Å²) >= 11 is 0. The summed E-state index contributed by atoms with van der Waals surface area (Å²) in [6.07, 6.45) is 41.8. The summed E-state index contributed by atoms with van der Waals surface area (Å²) in [6, 6.07) is 0. The summed E-state index contributed by atoms with van der Waals surface area (Å²) in [5, 5.41) is 31.0. The number of ether oxygens (including phenoxy) is 4. The van der Waals surface area contributed by atoms with Crippen molar-refractivity contribution < 1.29 is 56.8 Å². The van der Waals surface area contributed by atoms with Crippen molar-refractivity contribution in [3.63, 3.8) is 0 Å². The van der Waals surface area contributed by atoms with Gasteiger partial charge in [-0.1, -0.05) is 204 Å². The molecule has 13 heteroatoms. The summed E-state index contributed by atoms with van der Waals surface area (Å²) < 4.78 is 54.3. The number of hydrogen-bond acceptors (Lipinski definition) is 11.